The molecular weight excluding hydrogens is 502 g/mol. The molecule has 0 aromatic carbocycles. The number of amides is 1. The Morgan fingerprint density at radius 3 is 2.31 bits per heavy atom. The number of nitrogens with one attached hydrogen (secondary N) is 1. The number of aromatic carboxylic acids is 1. The SMILES string of the molecule is CC(C)(C)c1cc(N(C(=O)[C@H]2CC[C@H](C)CC2)C2CCN(S(=O)(=O)c3nnc[nH]3)CC2)c(C(=O)O)s1. The quantitative estimate of drug-likeness (QED) is 0.571. The van der Waals surface area contributed by atoms with Gasteiger partial charge in [-0.3, -0.25) is 4.79 Å². The normalized spacial score (nSPS) is 22.4. The number of aromatic amines is 1. The topological polar surface area (TPSA) is 137 Å². The van der Waals surface area contributed by atoms with Crippen molar-refractivity contribution in [2.24, 2.45) is 11.8 Å². The molecule has 198 valence electrons. The Morgan fingerprint density at radius 2 is 1.78 bits per heavy atom. The van der Waals surface area contributed by atoms with Gasteiger partial charge in [0.15, 0.2) is 0 Å². The van der Waals surface area contributed by atoms with E-state index in [2.05, 4.69) is 22.1 Å². The van der Waals surface area contributed by atoms with E-state index in [9.17, 15) is 23.1 Å². The number of hydrogen-bond acceptors (Lipinski definition) is 7. The van der Waals surface area contributed by atoms with Crippen molar-refractivity contribution in [3.63, 3.8) is 0 Å². The van der Waals surface area contributed by atoms with Crippen LogP contribution in [-0.4, -0.2) is 64.0 Å². The van der Waals surface area contributed by atoms with E-state index >= 15 is 0 Å². The number of H-pyrrole nitrogens is 1. The number of rotatable bonds is 6. The largest absolute Gasteiger partial charge is 0.477 e. The first-order valence-corrected chi connectivity index (χ1v) is 14.7. The Hall–Kier alpha value is -2.31. The number of hydrogen-bond donors (Lipinski definition) is 2. The molecule has 0 radical (unpaired) electrons. The van der Waals surface area contributed by atoms with E-state index in [4.69, 9.17) is 0 Å². The maximum Gasteiger partial charge on any atom is 0.348 e. The van der Waals surface area contributed by atoms with Crippen molar-refractivity contribution in [2.45, 2.75) is 82.8 Å². The molecule has 1 aliphatic heterocycles. The second kappa shape index (κ2) is 10.2. The molecule has 4 rings (SSSR count). The first kappa shape index (κ1) is 26.7. The van der Waals surface area contributed by atoms with Gasteiger partial charge in [0.05, 0.1) is 5.69 Å². The third-order valence-corrected chi connectivity index (χ3v) is 10.5. The fourth-order valence-corrected chi connectivity index (χ4v) is 7.40. The van der Waals surface area contributed by atoms with Gasteiger partial charge in [-0.2, -0.15) is 4.31 Å². The monoisotopic (exact) mass is 537 g/mol. The molecule has 12 heteroatoms. The number of carbonyl (C=O) groups excluding carboxylic acids is 1. The zero-order chi connectivity index (χ0) is 26.3. The van der Waals surface area contributed by atoms with Crippen LogP contribution in [0.4, 0.5) is 5.69 Å². The lowest BCUT2D eigenvalue weighted by atomic mass is 9.82. The number of nitrogens with zero attached hydrogens (tertiary/aromatic N) is 4. The number of piperidine rings is 1. The molecular formula is C24H35N5O5S2. The van der Waals surface area contributed by atoms with Gasteiger partial charge in [0.25, 0.3) is 15.2 Å². The fourth-order valence-electron chi connectivity index (χ4n) is 5.07. The summed E-state index contributed by atoms with van der Waals surface area (Å²) in [6.45, 7) is 8.68. The summed E-state index contributed by atoms with van der Waals surface area (Å²) < 4.78 is 27.1. The summed E-state index contributed by atoms with van der Waals surface area (Å²) >= 11 is 1.22. The highest BCUT2D eigenvalue weighted by Gasteiger charge is 2.40. The smallest absolute Gasteiger partial charge is 0.348 e. The molecule has 0 bridgehead atoms. The second-order valence-corrected chi connectivity index (χ2v) is 13.9. The van der Waals surface area contributed by atoms with Crippen LogP contribution in [0.25, 0.3) is 0 Å². The number of thiophene rings is 1. The van der Waals surface area contributed by atoms with Crippen molar-refractivity contribution < 1.29 is 23.1 Å². The van der Waals surface area contributed by atoms with Crippen LogP contribution in [0.2, 0.25) is 0 Å². The van der Waals surface area contributed by atoms with Gasteiger partial charge in [0.1, 0.15) is 11.2 Å². The van der Waals surface area contributed by atoms with Crippen LogP contribution >= 0.6 is 11.3 Å². The van der Waals surface area contributed by atoms with E-state index in [1.807, 2.05) is 26.8 Å². The predicted octanol–water partition coefficient (Wildman–Crippen LogP) is 3.87. The van der Waals surface area contributed by atoms with E-state index in [0.29, 0.717) is 24.4 Å². The number of carboxylic acid groups (broad SMARTS) is 1. The average molecular weight is 538 g/mol. The molecule has 1 amide bonds. The van der Waals surface area contributed by atoms with Crippen LogP contribution in [0.15, 0.2) is 17.6 Å². The molecule has 0 unspecified atom stereocenters. The molecule has 2 N–H and O–H groups in total. The highest BCUT2D eigenvalue weighted by atomic mass is 32.2. The summed E-state index contributed by atoms with van der Waals surface area (Å²) in [5, 5.41) is 17.1. The van der Waals surface area contributed by atoms with Gasteiger partial charge >= 0.3 is 5.97 Å². The van der Waals surface area contributed by atoms with Crippen LogP contribution in [0, 0.1) is 11.8 Å². The lowest BCUT2D eigenvalue weighted by Gasteiger charge is -2.40. The van der Waals surface area contributed by atoms with Crippen molar-refractivity contribution in [2.75, 3.05) is 18.0 Å². The minimum atomic E-state index is -3.81. The number of carboxylic acids is 1. The van der Waals surface area contributed by atoms with Gasteiger partial charge in [0, 0.05) is 29.9 Å². The lowest BCUT2D eigenvalue weighted by Crippen LogP contribution is -2.51. The molecule has 36 heavy (non-hydrogen) atoms. The van der Waals surface area contributed by atoms with Crippen molar-refractivity contribution in [3.8, 4) is 0 Å². The Morgan fingerprint density at radius 1 is 1.14 bits per heavy atom. The molecule has 2 aromatic rings. The number of anilines is 1. The summed E-state index contributed by atoms with van der Waals surface area (Å²) in [6, 6.07) is 1.56. The Bertz CT molecular complexity index is 1190. The zero-order valence-corrected chi connectivity index (χ0v) is 22.9. The Kier molecular flexibility index (Phi) is 7.59. The zero-order valence-electron chi connectivity index (χ0n) is 21.2. The van der Waals surface area contributed by atoms with Crippen LogP contribution in [0.1, 0.15) is 80.8 Å². The summed E-state index contributed by atoms with van der Waals surface area (Å²) in [7, 11) is -3.81. The number of sulfonamides is 1. The van der Waals surface area contributed by atoms with Crippen LogP contribution in [0.5, 0.6) is 0 Å². The third kappa shape index (κ3) is 5.35. The first-order valence-electron chi connectivity index (χ1n) is 12.5. The van der Waals surface area contributed by atoms with Crippen LogP contribution in [0.3, 0.4) is 0 Å². The van der Waals surface area contributed by atoms with Gasteiger partial charge in [-0.25, -0.2) is 13.2 Å². The maximum absolute atomic E-state index is 14.0. The standard InChI is InChI=1S/C24H35N5O5S2/c1-15-5-7-16(8-6-15)21(30)29(18-13-19(24(2,3)4)35-20(18)22(31)32)17-9-11-28(12-10-17)36(33,34)23-25-14-26-27-23/h13-17H,5-12H2,1-4H3,(H,31,32)(H,25,26,27)/t15-,16-. The molecule has 1 aliphatic carbocycles. The molecule has 1 saturated carbocycles. The number of carbonyl (C=O) groups is 2. The van der Waals surface area contributed by atoms with Crippen LogP contribution < -0.4 is 4.90 Å². The van der Waals surface area contributed by atoms with E-state index in [1.54, 1.807) is 4.90 Å². The lowest BCUT2D eigenvalue weighted by molar-refractivity contribution is -0.124. The highest BCUT2D eigenvalue weighted by molar-refractivity contribution is 7.88. The molecule has 3 heterocycles. The molecule has 2 aliphatic rings. The molecule has 1 saturated heterocycles. The van der Waals surface area contributed by atoms with Gasteiger partial charge in [-0.05, 0) is 55.9 Å². The molecule has 2 fully saturated rings. The predicted molar refractivity (Wildman–Crippen MR) is 137 cm³/mol. The number of aromatic nitrogens is 3. The maximum atomic E-state index is 14.0. The Labute approximate surface area is 216 Å². The average Bonchev–Trinajstić information content (AvgIpc) is 3.51. The first-order chi connectivity index (χ1) is 16.9. The minimum absolute atomic E-state index is 0.0424. The summed E-state index contributed by atoms with van der Waals surface area (Å²) in [5.74, 6) is -0.669. The van der Waals surface area contributed by atoms with Crippen LogP contribution in [-0.2, 0) is 20.2 Å². The molecule has 0 atom stereocenters. The van der Waals surface area contributed by atoms with E-state index in [-0.39, 0.29) is 46.4 Å². The summed E-state index contributed by atoms with van der Waals surface area (Å²) in [5.41, 5.74) is 0.175. The van der Waals surface area contributed by atoms with Crippen molar-refractivity contribution in [1.29, 1.82) is 0 Å². The van der Waals surface area contributed by atoms with E-state index in [0.717, 1.165) is 30.6 Å². The van der Waals surface area contributed by atoms with Gasteiger partial charge in [-0.1, -0.05) is 27.7 Å². The molecule has 10 nitrogen and oxygen atoms in total. The summed E-state index contributed by atoms with van der Waals surface area (Å²) in [6.07, 6.45) is 5.55. The second-order valence-electron chi connectivity index (χ2n) is 11.0. The van der Waals surface area contributed by atoms with Gasteiger partial charge < -0.3 is 15.0 Å². The molecule has 2 aromatic heterocycles. The molecule has 0 spiro atoms. The third-order valence-electron chi connectivity index (χ3n) is 7.28. The van der Waals surface area contributed by atoms with E-state index in [1.165, 1.54) is 22.0 Å². The summed E-state index contributed by atoms with van der Waals surface area (Å²) in [4.78, 5) is 31.6. The van der Waals surface area contributed by atoms with Crippen molar-refractivity contribution >= 4 is 38.9 Å². The highest BCUT2D eigenvalue weighted by Crippen LogP contribution is 2.41. The van der Waals surface area contributed by atoms with Crippen molar-refractivity contribution in [3.05, 3.63) is 22.1 Å². The van der Waals surface area contributed by atoms with E-state index < -0.39 is 16.0 Å². The van der Waals surface area contributed by atoms with Gasteiger partial charge in [0.2, 0.25) is 5.91 Å². The minimum Gasteiger partial charge on any atom is -0.477 e. The fraction of sp³-hybridized carbons (Fsp3) is 0.667. The van der Waals surface area contributed by atoms with Gasteiger partial charge in [-0.15, -0.1) is 21.5 Å². The van der Waals surface area contributed by atoms with Crippen molar-refractivity contribution in [1.82, 2.24) is 19.5 Å². The Balaban J connectivity index is 1.66.